The summed E-state index contributed by atoms with van der Waals surface area (Å²) in [7, 11) is 0. The summed E-state index contributed by atoms with van der Waals surface area (Å²) in [5.74, 6) is -1.45. The lowest BCUT2D eigenvalue weighted by atomic mass is 10.1. The first-order valence-corrected chi connectivity index (χ1v) is 10.1. The van der Waals surface area contributed by atoms with Crippen molar-refractivity contribution in [1.82, 2.24) is 5.32 Å². The molecule has 26 heavy (non-hydrogen) atoms. The van der Waals surface area contributed by atoms with E-state index >= 15 is 0 Å². The standard InChI is InChI=1S/C19H26N2O4S/c1-4-14(5-2)20-17(22)12-25-19(24)13-9-18(23)21(11-13)15-7-6-8-16(10-15)26-3/h6-8,10,13-14H,4-5,9,11-12H2,1-3H3,(H,20,22)/t13-/m0/s1. The quantitative estimate of drug-likeness (QED) is 0.556. The zero-order valence-electron chi connectivity index (χ0n) is 15.5. The molecule has 0 bridgehead atoms. The molecule has 2 rings (SSSR count). The maximum Gasteiger partial charge on any atom is 0.311 e. The highest BCUT2D eigenvalue weighted by Crippen LogP contribution is 2.28. The molecule has 142 valence electrons. The van der Waals surface area contributed by atoms with E-state index in [1.54, 1.807) is 16.7 Å². The fourth-order valence-corrected chi connectivity index (χ4v) is 3.36. The summed E-state index contributed by atoms with van der Waals surface area (Å²) in [6.07, 6.45) is 3.74. The second-order valence-corrected chi connectivity index (χ2v) is 7.18. The SMILES string of the molecule is CCC(CC)NC(=O)COC(=O)[C@H]1CC(=O)N(c2cccc(SC)c2)C1. The Morgan fingerprint density at radius 2 is 2.08 bits per heavy atom. The van der Waals surface area contributed by atoms with Gasteiger partial charge in [0.1, 0.15) is 0 Å². The number of rotatable bonds is 8. The lowest BCUT2D eigenvalue weighted by Crippen LogP contribution is -2.37. The number of ether oxygens (including phenoxy) is 1. The second-order valence-electron chi connectivity index (χ2n) is 6.30. The van der Waals surface area contributed by atoms with E-state index in [-0.39, 0.29) is 37.4 Å². The van der Waals surface area contributed by atoms with Crippen LogP contribution in [-0.4, -0.2) is 43.2 Å². The van der Waals surface area contributed by atoms with Gasteiger partial charge in [-0.15, -0.1) is 11.8 Å². The summed E-state index contributed by atoms with van der Waals surface area (Å²) in [5.41, 5.74) is 0.781. The van der Waals surface area contributed by atoms with E-state index in [2.05, 4.69) is 5.32 Å². The number of benzene rings is 1. The van der Waals surface area contributed by atoms with Crippen molar-refractivity contribution in [3.63, 3.8) is 0 Å². The van der Waals surface area contributed by atoms with E-state index in [4.69, 9.17) is 4.74 Å². The van der Waals surface area contributed by atoms with Gasteiger partial charge in [0.05, 0.1) is 5.92 Å². The molecule has 1 fully saturated rings. The smallest absolute Gasteiger partial charge is 0.311 e. The van der Waals surface area contributed by atoms with Crippen molar-refractivity contribution in [1.29, 1.82) is 0 Å². The maximum absolute atomic E-state index is 12.3. The van der Waals surface area contributed by atoms with Gasteiger partial charge in [-0.3, -0.25) is 14.4 Å². The third kappa shape index (κ3) is 5.24. The van der Waals surface area contributed by atoms with Gasteiger partial charge in [0.25, 0.3) is 5.91 Å². The molecule has 0 radical (unpaired) electrons. The van der Waals surface area contributed by atoms with E-state index in [0.29, 0.717) is 0 Å². The molecular formula is C19H26N2O4S. The third-order valence-corrected chi connectivity index (χ3v) is 5.24. The van der Waals surface area contributed by atoms with Gasteiger partial charge >= 0.3 is 5.97 Å². The zero-order chi connectivity index (χ0) is 19.1. The average Bonchev–Trinajstić information content (AvgIpc) is 3.06. The normalized spacial score (nSPS) is 16.8. The minimum Gasteiger partial charge on any atom is -0.455 e. The Balaban J connectivity index is 1.89. The number of anilines is 1. The molecule has 1 aliphatic heterocycles. The first-order valence-electron chi connectivity index (χ1n) is 8.88. The molecule has 1 aromatic carbocycles. The van der Waals surface area contributed by atoms with E-state index in [9.17, 15) is 14.4 Å². The highest BCUT2D eigenvalue weighted by atomic mass is 32.2. The molecule has 1 aromatic rings. The van der Waals surface area contributed by atoms with E-state index in [1.165, 1.54) is 0 Å². The lowest BCUT2D eigenvalue weighted by Gasteiger charge is -2.17. The molecule has 0 saturated carbocycles. The minimum absolute atomic E-state index is 0.0912. The molecule has 0 unspecified atom stereocenters. The fourth-order valence-electron chi connectivity index (χ4n) is 2.91. The van der Waals surface area contributed by atoms with Crippen LogP contribution in [0.3, 0.4) is 0 Å². The summed E-state index contributed by atoms with van der Waals surface area (Å²) in [6, 6.07) is 7.74. The van der Waals surface area contributed by atoms with Crippen molar-refractivity contribution in [2.24, 2.45) is 5.92 Å². The van der Waals surface area contributed by atoms with Crippen LogP contribution in [0.25, 0.3) is 0 Å². The Bertz CT molecular complexity index is 661. The van der Waals surface area contributed by atoms with Crippen LogP contribution in [0.5, 0.6) is 0 Å². The van der Waals surface area contributed by atoms with Crippen LogP contribution < -0.4 is 10.2 Å². The topological polar surface area (TPSA) is 75.7 Å². The van der Waals surface area contributed by atoms with E-state index in [0.717, 1.165) is 23.4 Å². The highest BCUT2D eigenvalue weighted by Gasteiger charge is 2.36. The Morgan fingerprint density at radius 3 is 2.73 bits per heavy atom. The molecule has 0 spiro atoms. The van der Waals surface area contributed by atoms with Gasteiger partial charge in [-0.1, -0.05) is 19.9 Å². The van der Waals surface area contributed by atoms with E-state index < -0.39 is 11.9 Å². The fraction of sp³-hybridized carbons (Fsp3) is 0.526. The maximum atomic E-state index is 12.3. The number of hydrogen-bond donors (Lipinski definition) is 1. The first-order chi connectivity index (χ1) is 12.5. The molecule has 1 atom stereocenters. The summed E-state index contributed by atoms with van der Waals surface area (Å²) in [6.45, 7) is 3.96. The number of nitrogens with zero attached hydrogens (tertiary/aromatic N) is 1. The Hall–Kier alpha value is -2.02. The average molecular weight is 378 g/mol. The number of amides is 2. The predicted octanol–water partition coefficient (Wildman–Crippen LogP) is 2.61. The monoisotopic (exact) mass is 378 g/mol. The molecule has 2 amide bonds. The molecule has 6 nitrogen and oxygen atoms in total. The van der Waals surface area contributed by atoms with Gasteiger partial charge in [0.15, 0.2) is 6.61 Å². The van der Waals surface area contributed by atoms with Crippen molar-refractivity contribution >= 4 is 35.2 Å². The Labute approximate surface area is 158 Å². The third-order valence-electron chi connectivity index (χ3n) is 4.52. The van der Waals surface area contributed by atoms with Crippen molar-refractivity contribution in [3.05, 3.63) is 24.3 Å². The van der Waals surface area contributed by atoms with Crippen molar-refractivity contribution in [2.75, 3.05) is 24.3 Å². The number of carbonyl (C=O) groups is 3. The van der Waals surface area contributed by atoms with Crippen LogP contribution in [-0.2, 0) is 19.1 Å². The minimum atomic E-state index is -0.540. The molecule has 1 aliphatic rings. The van der Waals surface area contributed by atoms with Crippen LogP contribution in [0.4, 0.5) is 5.69 Å². The van der Waals surface area contributed by atoms with Gasteiger partial charge in [0.2, 0.25) is 5.91 Å². The molecular weight excluding hydrogens is 352 g/mol. The molecule has 1 N–H and O–H groups in total. The lowest BCUT2D eigenvalue weighted by molar-refractivity contribution is -0.152. The largest absolute Gasteiger partial charge is 0.455 e. The van der Waals surface area contributed by atoms with E-state index in [1.807, 2.05) is 44.4 Å². The van der Waals surface area contributed by atoms with Crippen LogP contribution in [0.1, 0.15) is 33.1 Å². The van der Waals surface area contributed by atoms with Crippen LogP contribution in [0.15, 0.2) is 29.2 Å². The van der Waals surface area contributed by atoms with Crippen LogP contribution >= 0.6 is 11.8 Å². The van der Waals surface area contributed by atoms with Gasteiger partial charge in [-0.2, -0.15) is 0 Å². The molecule has 1 heterocycles. The Kier molecular flexibility index (Phi) is 7.50. The Morgan fingerprint density at radius 1 is 1.35 bits per heavy atom. The molecule has 0 aliphatic carbocycles. The second kappa shape index (κ2) is 9.62. The summed E-state index contributed by atoms with van der Waals surface area (Å²) in [5, 5.41) is 2.82. The number of nitrogens with one attached hydrogen (secondary N) is 1. The summed E-state index contributed by atoms with van der Waals surface area (Å²) < 4.78 is 5.12. The van der Waals surface area contributed by atoms with Gasteiger partial charge < -0.3 is 15.0 Å². The summed E-state index contributed by atoms with van der Waals surface area (Å²) in [4.78, 5) is 39.0. The van der Waals surface area contributed by atoms with Gasteiger partial charge in [0, 0.05) is 29.6 Å². The number of carbonyl (C=O) groups excluding carboxylic acids is 3. The molecule has 1 saturated heterocycles. The van der Waals surface area contributed by atoms with Crippen molar-refractivity contribution in [3.8, 4) is 0 Å². The summed E-state index contributed by atoms with van der Waals surface area (Å²) >= 11 is 1.60. The predicted molar refractivity (Wildman–Crippen MR) is 102 cm³/mol. The zero-order valence-corrected chi connectivity index (χ0v) is 16.3. The van der Waals surface area contributed by atoms with Crippen molar-refractivity contribution < 1.29 is 19.1 Å². The number of hydrogen-bond acceptors (Lipinski definition) is 5. The van der Waals surface area contributed by atoms with Gasteiger partial charge in [-0.25, -0.2) is 0 Å². The molecule has 7 heteroatoms. The first kappa shape index (κ1) is 20.3. The van der Waals surface area contributed by atoms with Crippen LogP contribution in [0.2, 0.25) is 0 Å². The van der Waals surface area contributed by atoms with Crippen LogP contribution in [0, 0.1) is 5.92 Å². The van der Waals surface area contributed by atoms with Gasteiger partial charge in [-0.05, 0) is 37.3 Å². The molecule has 0 aromatic heterocycles. The number of esters is 1. The highest BCUT2D eigenvalue weighted by molar-refractivity contribution is 7.98. The number of thioether (sulfide) groups is 1. The van der Waals surface area contributed by atoms with Crippen molar-refractivity contribution in [2.45, 2.75) is 44.0 Å².